The molecular weight excluding hydrogens is 271 g/mol. The Kier molecular flexibility index (Phi) is 2.76. The number of benzene rings is 1. The third-order valence-electron chi connectivity index (χ3n) is 2.70. The van der Waals surface area contributed by atoms with Gasteiger partial charge in [-0.05, 0) is 36.1 Å². The van der Waals surface area contributed by atoms with Crippen molar-refractivity contribution in [1.29, 1.82) is 0 Å². The maximum atomic E-state index is 13.7. The first kappa shape index (κ1) is 11.6. The number of fused-ring (bicyclic) bond motifs is 1. The van der Waals surface area contributed by atoms with E-state index in [9.17, 15) is 4.39 Å². The largest absolute Gasteiger partial charge is 0.224 e. The molecule has 0 unspecified atom stereocenters. The van der Waals surface area contributed by atoms with Gasteiger partial charge in [0.05, 0.1) is 4.88 Å². The molecule has 90 valence electrons. The van der Waals surface area contributed by atoms with E-state index in [1.165, 1.54) is 17.4 Å². The minimum Gasteiger partial charge on any atom is -0.224 e. The number of para-hydroxylation sites is 1. The Bertz CT molecular complexity index is 739. The van der Waals surface area contributed by atoms with E-state index < -0.39 is 0 Å². The van der Waals surface area contributed by atoms with Crippen molar-refractivity contribution < 1.29 is 4.39 Å². The first-order chi connectivity index (χ1) is 8.66. The summed E-state index contributed by atoms with van der Waals surface area (Å²) < 4.78 is 13.7. The predicted octanol–water partition coefficient (Wildman–Crippen LogP) is 4.46. The maximum absolute atomic E-state index is 13.7. The van der Waals surface area contributed by atoms with Crippen LogP contribution < -0.4 is 0 Å². The van der Waals surface area contributed by atoms with Crippen molar-refractivity contribution in [3.05, 3.63) is 46.2 Å². The summed E-state index contributed by atoms with van der Waals surface area (Å²) >= 11 is 7.61. The number of aromatic nitrogens is 2. The molecule has 0 N–H and O–H groups in total. The van der Waals surface area contributed by atoms with Gasteiger partial charge in [0.15, 0.2) is 5.82 Å². The minimum absolute atomic E-state index is 0.264. The molecular formula is C13H8ClFN2S. The standard InChI is InChI=1S/C13H8ClFN2S/c1-7-5-6-18-11(7)13-16-10-8(12(14)17-13)3-2-4-9(10)15/h2-6H,1H3. The summed E-state index contributed by atoms with van der Waals surface area (Å²) in [4.78, 5) is 9.44. The van der Waals surface area contributed by atoms with Crippen molar-refractivity contribution >= 4 is 33.8 Å². The second-order valence-corrected chi connectivity index (χ2v) is 5.18. The van der Waals surface area contributed by atoms with Crippen molar-refractivity contribution in [1.82, 2.24) is 9.97 Å². The summed E-state index contributed by atoms with van der Waals surface area (Å²) in [6, 6.07) is 6.66. The van der Waals surface area contributed by atoms with Crippen LogP contribution in [0.25, 0.3) is 21.6 Å². The molecule has 0 aliphatic rings. The van der Waals surface area contributed by atoms with Gasteiger partial charge in [0.1, 0.15) is 16.5 Å². The Labute approximate surface area is 112 Å². The molecule has 0 radical (unpaired) electrons. The smallest absolute Gasteiger partial charge is 0.171 e. The van der Waals surface area contributed by atoms with Crippen LogP contribution in [-0.2, 0) is 0 Å². The zero-order valence-electron chi connectivity index (χ0n) is 9.45. The van der Waals surface area contributed by atoms with Gasteiger partial charge in [0.2, 0.25) is 0 Å². The highest BCUT2D eigenvalue weighted by Crippen LogP contribution is 2.30. The SMILES string of the molecule is Cc1ccsc1-c1nc(Cl)c2cccc(F)c2n1. The summed E-state index contributed by atoms with van der Waals surface area (Å²) in [6.07, 6.45) is 0. The highest BCUT2D eigenvalue weighted by molar-refractivity contribution is 7.13. The number of aryl methyl sites for hydroxylation is 1. The summed E-state index contributed by atoms with van der Waals surface area (Å²) in [7, 11) is 0. The highest BCUT2D eigenvalue weighted by atomic mass is 35.5. The first-order valence-electron chi connectivity index (χ1n) is 5.33. The zero-order chi connectivity index (χ0) is 12.7. The average Bonchev–Trinajstić information content (AvgIpc) is 2.77. The van der Waals surface area contributed by atoms with Crippen LogP contribution in [0, 0.1) is 12.7 Å². The van der Waals surface area contributed by atoms with Gasteiger partial charge < -0.3 is 0 Å². The molecule has 1 aromatic carbocycles. The Morgan fingerprint density at radius 1 is 1.22 bits per heavy atom. The Morgan fingerprint density at radius 3 is 2.78 bits per heavy atom. The number of hydrogen-bond donors (Lipinski definition) is 0. The molecule has 2 nitrogen and oxygen atoms in total. The van der Waals surface area contributed by atoms with Crippen LogP contribution in [0.3, 0.4) is 0 Å². The number of nitrogens with zero attached hydrogens (tertiary/aromatic N) is 2. The van der Waals surface area contributed by atoms with Gasteiger partial charge in [-0.3, -0.25) is 0 Å². The molecule has 5 heteroatoms. The third kappa shape index (κ3) is 1.78. The lowest BCUT2D eigenvalue weighted by Crippen LogP contribution is -1.93. The van der Waals surface area contributed by atoms with E-state index in [1.807, 2.05) is 18.4 Å². The van der Waals surface area contributed by atoms with Crippen molar-refractivity contribution in [2.45, 2.75) is 6.92 Å². The summed E-state index contributed by atoms with van der Waals surface area (Å²) in [6.45, 7) is 1.97. The molecule has 2 aromatic heterocycles. The highest BCUT2D eigenvalue weighted by Gasteiger charge is 2.13. The van der Waals surface area contributed by atoms with Crippen LogP contribution >= 0.6 is 22.9 Å². The summed E-state index contributed by atoms with van der Waals surface area (Å²) in [5.41, 5.74) is 1.33. The molecule has 0 spiro atoms. The van der Waals surface area contributed by atoms with Crippen LogP contribution in [0.1, 0.15) is 5.56 Å². The molecule has 18 heavy (non-hydrogen) atoms. The lowest BCUT2D eigenvalue weighted by Gasteiger charge is -2.04. The topological polar surface area (TPSA) is 25.8 Å². The Morgan fingerprint density at radius 2 is 2.06 bits per heavy atom. The third-order valence-corrected chi connectivity index (χ3v) is 4.00. The number of halogens is 2. The van der Waals surface area contributed by atoms with Crippen molar-refractivity contribution in [2.24, 2.45) is 0 Å². The van der Waals surface area contributed by atoms with Crippen LogP contribution in [-0.4, -0.2) is 9.97 Å². The van der Waals surface area contributed by atoms with Gasteiger partial charge in [-0.2, -0.15) is 0 Å². The average molecular weight is 279 g/mol. The summed E-state index contributed by atoms with van der Waals surface area (Å²) in [5, 5.41) is 2.77. The molecule has 0 atom stereocenters. The number of rotatable bonds is 1. The second kappa shape index (κ2) is 4.30. The second-order valence-electron chi connectivity index (χ2n) is 3.91. The molecule has 0 saturated carbocycles. The monoisotopic (exact) mass is 278 g/mol. The summed E-state index contributed by atoms with van der Waals surface area (Å²) in [5.74, 6) is 0.0948. The molecule has 2 heterocycles. The fourth-order valence-electron chi connectivity index (χ4n) is 1.78. The van der Waals surface area contributed by atoms with Gasteiger partial charge in [0, 0.05) is 5.39 Å². The zero-order valence-corrected chi connectivity index (χ0v) is 11.0. The Hall–Kier alpha value is -1.52. The van der Waals surface area contributed by atoms with Gasteiger partial charge in [-0.15, -0.1) is 11.3 Å². The van der Waals surface area contributed by atoms with Gasteiger partial charge in [-0.1, -0.05) is 17.7 Å². The molecule has 3 aromatic rings. The first-order valence-corrected chi connectivity index (χ1v) is 6.59. The van der Waals surface area contributed by atoms with Crippen LogP contribution in [0.2, 0.25) is 5.15 Å². The molecule has 0 saturated heterocycles. The van der Waals surface area contributed by atoms with Gasteiger partial charge in [-0.25, -0.2) is 14.4 Å². The predicted molar refractivity (Wildman–Crippen MR) is 72.6 cm³/mol. The van der Waals surface area contributed by atoms with Gasteiger partial charge >= 0.3 is 0 Å². The fraction of sp³-hybridized carbons (Fsp3) is 0.0769. The lowest BCUT2D eigenvalue weighted by molar-refractivity contribution is 0.636. The molecule has 3 rings (SSSR count). The van der Waals surface area contributed by atoms with Crippen molar-refractivity contribution in [3.8, 4) is 10.7 Å². The minimum atomic E-state index is -0.382. The van der Waals surface area contributed by atoms with Crippen molar-refractivity contribution in [3.63, 3.8) is 0 Å². The quantitative estimate of drug-likeness (QED) is 0.614. The van der Waals surface area contributed by atoms with E-state index in [-0.39, 0.29) is 16.5 Å². The van der Waals surface area contributed by atoms with Crippen LogP contribution in [0.4, 0.5) is 4.39 Å². The van der Waals surface area contributed by atoms with Crippen LogP contribution in [0.5, 0.6) is 0 Å². The Balaban J connectivity index is 2.34. The van der Waals surface area contributed by atoms with Gasteiger partial charge in [0.25, 0.3) is 0 Å². The molecule has 0 aliphatic carbocycles. The molecule has 0 fully saturated rings. The van der Waals surface area contributed by atoms with E-state index in [1.54, 1.807) is 12.1 Å². The van der Waals surface area contributed by atoms with E-state index in [2.05, 4.69) is 9.97 Å². The number of thiophene rings is 1. The van der Waals surface area contributed by atoms with E-state index >= 15 is 0 Å². The normalized spacial score (nSPS) is 11.1. The van der Waals surface area contributed by atoms with E-state index in [0.29, 0.717) is 11.2 Å². The maximum Gasteiger partial charge on any atom is 0.171 e. The lowest BCUT2D eigenvalue weighted by atomic mass is 10.2. The molecule has 0 amide bonds. The fourth-order valence-corrected chi connectivity index (χ4v) is 2.87. The van der Waals surface area contributed by atoms with Crippen molar-refractivity contribution in [2.75, 3.05) is 0 Å². The molecule has 0 bridgehead atoms. The van der Waals surface area contributed by atoms with Crippen LogP contribution in [0.15, 0.2) is 29.6 Å². The van der Waals surface area contributed by atoms with E-state index in [0.717, 1.165) is 10.4 Å². The van der Waals surface area contributed by atoms with E-state index in [4.69, 9.17) is 11.6 Å². The molecule has 0 aliphatic heterocycles. The number of hydrogen-bond acceptors (Lipinski definition) is 3.